The van der Waals surface area contributed by atoms with Crippen LogP contribution in [0.15, 0.2) is 12.1 Å². The predicted octanol–water partition coefficient (Wildman–Crippen LogP) is 2.92. The number of aryl methyl sites for hydroxylation is 1. The Balaban J connectivity index is 1.79. The smallest absolute Gasteiger partial charge is 0.345 e. The van der Waals surface area contributed by atoms with Gasteiger partial charge in [0.15, 0.2) is 0 Å². The van der Waals surface area contributed by atoms with Crippen LogP contribution in [-0.4, -0.2) is 45.7 Å². The number of carboxylic acids is 1. The highest BCUT2D eigenvalue weighted by Gasteiger charge is 2.30. The summed E-state index contributed by atoms with van der Waals surface area (Å²) in [6.07, 6.45) is 5.23. The van der Waals surface area contributed by atoms with Crippen molar-refractivity contribution in [3.8, 4) is 0 Å². The van der Waals surface area contributed by atoms with E-state index < -0.39 is 5.97 Å². The molecule has 0 aliphatic carbocycles. The molecule has 1 aromatic heterocycles. The van der Waals surface area contributed by atoms with E-state index in [4.69, 9.17) is 5.11 Å². The van der Waals surface area contributed by atoms with E-state index >= 15 is 0 Å². The Kier molecular flexibility index (Phi) is 6.59. The summed E-state index contributed by atoms with van der Waals surface area (Å²) in [5.74, 6) is -0.677. The SMILES string of the molecule is CC[C@H](O)CC[C@H]1CCC(=O)N1CCCc1ccc(C(=O)O)s1. The molecular formula is C17H25NO4S. The Morgan fingerprint density at radius 1 is 1.48 bits per heavy atom. The maximum absolute atomic E-state index is 12.0. The predicted molar refractivity (Wildman–Crippen MR) is 89.9 cm³/mol. The van der Waals surface area contributed by atoms with Crippen LogP contribution in [0.5, 0.6) is 0 Å². The van der Waals surface area contributed by atoms with Gasteiger partial charge in [-0.25, -0.2) is 4.79 Å². The molecule has 0 spiro atoms. The molecule has 0 saturated carbocycles. The molecular weight excluding hydrogens is 314 g/mol. The van der Waals surface area contributed by atoms with Crippen LogP contribution in [0, 0.1) is 0 Å². The lowest BCUT2D eigenvalue weighted by Gasteiger charge is -2.25. The van der Waals surface area contributed by atoms with Gasteiger partial charge in [0.25, 0.3) is 0 Å². The number of aliphatic hydroxyl groups excluding tert-OH is 1. The molecule has 6 heteroatoms. The standard InChI is InChI=1S/C17H25NO4S/c1-2-13(19)7-5-12-6-10-16(20)18(12)11-3-4-14-8-9-15(23-14)17(21)22/h8-9,12-13,19H,2-7,10-11H2,1H3,(H,21,22)/t12-,13-/m0/s1. The zero-order valence-electron chi connectivity index (χ0n) is 13.5. The number of carbonyl (C=O) groups is 2. The Bertz CT molecular complexity index is 542. The van der Waals surface area contributed by atoms with Crippen molar-refractivity contribution < 1.29 is 19.8 Å². The summed E-state index contributed by atoms with van der Waals surface area (Å²) in [5.41, 5.74) is 0. The van der Waals surface area contributed by atoms with E-state index in [2.05, 4.69) is 0 Å². The van der Waals surface area contributed by atoms with Crippen LogP contribution in [0.2, 0.25) is 0 Å². The number of hydrogen-bond acceptors (Lipinski definition) is 4. The number of aromatic carboxylic acids is 1. The van der Waals surface area contributed by atoms with Crippen LogP contribution >= 0.6 is 11.3 Å². The van der Waals surface area contributed by atoms with E-state index in [-0.39, 0.29) is 18.1 Å². The van der Waals surface area contributed by atoms with Crippen molar-refractivity contribution in [3.05, 3.63) is 21.9 Å². The van der Waals surface area contributed by atoms with Crippen molar-refractivity contribution in [2.45, 2.75) is 64.0 Å². The summed E-state index contributed by atoms with van der Waals surface area (Å²) in [6.45, 7) is 2.68. The van der Waals surface area contributed by atoms with Crippen LogP contribution < -0.4 is 0 Å². The molecule has 1 fully saturated rings. The molecule has 0 aromatic carbocycles. The average Bonchev–Trinajstić information content (AvgIpc) is 3.13. The summed E-state index contributed by atoms with van der Waals surface area (Å²) in [7, 11) is 0. The van der Waals surface area contributed by atoms with Gasteiger partial charge in [-0.3, -0.25) is 4.79 Å². The first-order valence-corrected chi connectivity index (χ1v) is 9.12. The number of carboxylic acid groups (broad SMARTS) is 1. The summed E-state index contributed by atoms with van der Waals surface area (Å²) in [4.78, 5) is 26.3. The second-order valence-corrected chi connectivity index (χ2v) is 7.26. The van der Waals surface area contributed by atoms with Crippen LogP contribution in [0.25, 0.3) is 0 Å². The third-order valence-electron chi connectivity index (χ3n) is 4.45. The lowest BCUT2D eigenvalue weighted by Crippen LogP contribution is -2.34. The highest BCUT2D eigenvalue weighted by Crippen LogP contribution is 2.25. The number of thiophene rings is 1. The van der Waals surface area contributed by atoms with Gasteiger partial charge < -0.3 is 15.1 Å². The number of amides is 1. The molecule has 128 valence electrons. The lowest BCUT2D eigenvalue weighted by atomic mass is 10.0. The highest BCUT2D eigenvalue weighted by molar-refractivity contribution is 7.13. The lowest BCUT2D eigenvalue weighted by molar-refractivity contribution is -0.129. The Hall–Kier alpha value is -1.40. The fraction of sp³-hybridized carbons (Fsp3) is 0.647. The quantitative estimate of drug-likeness (QED) is 0.725. The first-order valence-electron chi connectivity index (χ1n) is 8.30. The summed E-state index contributed by atoms with van der Waals surface area (Å²) >= 11 is 1.31. The van der Waals surface area contributed by atoms with E-state index in [1.165, 1.54) is 11.3 Å². The van der Waals surface area contributed by atoms with Gasteiger partial charge in [-0.15, -0.1) is 11.3 Å². The molecule has 2 N–H and O–H groups in total. The number of rotatable bonds is 9. The molecule has 0 radical (unpaired) electrons. The molecule has 1 amide bonds. The topological polar surface area (TPSA) is 77.8 Å². The monoisotopic (exact) mass is 339 g/mol. The molecule has 2 rings (SSSR count). The zero-order valence-corrected chi connectivity index (χ0v) is 14.3. The molecule has 23 heavy (non-hydrogen) atoms. The summed E-state index contributed by atoms with van der Waals surface area (Å²) in [5, 5.41) is 18.6. The maximum Gasteiger partial charge on any atom is 0.345 e. The summed E-state index contributed by atoms with van der Waals surface area (Å²) < 4.78 is 0. The van der Waals surface area contributed by atoms with Gasteiger partial charge in [0.1, 0.15) is 4.88 Å². The zero-order chi connectivity index (χ0) is 16.8. The van der Waals surface area contributed by atoms with Crippen molar-refractivity contribution in [1.29, 1.82) is 0 Å². The Morgan fingerprint density at radius 3 is 2.91 bits per heavy atom. The minimum absolute atomic E-state index is 0.207. The molecule has 1 aliphatic rings. The number of hydrogen-bond donors (Lipinski definition) is 2. The normalized spacial score (nSPS) is 19.3. The second kappa shape index (κ2) is 8.45. The van der Waals surface area contributed by atoms with Crippen molar-refractivity contribution in [2.24, 2.45) is 0 Å². The van der Waals surface area contributed by atoms with Gasteiger partial charge in [0.2, 0.25) is 5.91 Å². The van der Waals surface area contributed by atoms with Crippen molar-refractivity contribution in [2.75, 3.05) is 6.54 Å². The highest BCUT2D eigenvalue weighted by atomic mass is 32.1. The van der Waals surface area contributed by atoms with Crippen LogP contribution in [0.1, 0.15) is 60.0 Å². The fourth-order valence-electron chi connectivity index (χ4n) is 3.04. The van der Waals surface area contributed by atoms with Crippen molar-refractivity contribution >= 4 is 23.2 Å². The molecule has 1 aromatic rings. The molecule has 5 nitrogen and oxygen atoms in total. The van der Waals surface area contributed by atoms with Crippen LogP contribution in [0.4, 0.5) is 0 Å². The minimum atomic E-state index is -0.884. The first kappa shape index (κ1) is 17.9. The number of aliphatic hydroxyl groups is 1. The summed E-state index contributed by atoms with van der Waals surface area (Å²) in [6, 6.07) is 3.74. The number of carbonyl (C=O) groups excluding carboxylic acids is 1. The van der Waals surface area contributed by atoms with Crippen LogP contribution in [0.3, 0.4) is 0 Å². The van der Waals surface area contributed by atoms with E-state index in [1.54, 1.807) is 6.07 Å². The molecule has 1 saturated heterocycles. The average molecular weight is 339 g/mol. The van der Waals surface area contributed by atoms with Gasteiger partial charge in [-0.05, 0) is 50.7 Å². The Labute approximate surface area is 140 Å². The van der Waals surface area contributed by atoms with Gasteiger partial charge in [-0.2, -0.15) is 0 Å². The third-order valence-corrected chi connectivity index (χ3v) is 5.58. The van der Waals surface area contributed by atoms with Gasteiger partial charge in [0.05, 0.1) is 6.10 Å². The van der Waals surface area contributed by atoms with E-state index in [9.17, 15) is 14.7 Å². The van der Waals surface area contributed by atoms with Crippen LogP contribution in [-0.2, 0) is 11.2 Å². The second-order valence-electron chi connectivity index (χ2n) is 6.09. The number of nitrogens with zero attached hydrogens (tertiary/aromatic N) is 1. The molecule has 1 aliphatic heterocycles. The minimum Gasteiger partial charge on any atom is -0.477 e. The Morgan fingerprint density at radius 2 is 2.26 bits per heavy atom. The number of likely N-dealkylation sites (tertiary alicyclic amines) is 1. The first-order chi connectivity index (χ1) is 11.0. The largest absolute Gasteiger partial charge is 0.477 e. The van der Waals surface area contributed by atoms with E-state index in [1.807, 2.05) is 17.9 Å². The van der Waals surface area contributed by atoms with Crippen molar-refractivity contribution in [3.63, 3.8) is 0 Å². The fourth-order valence-corrected chi connectivity index (χ4v) is 3.93. The van der Waals surface area contributed by atoms with E-state index in [0.717, 1.165) is 43.4 Å². The molecule has 2 atom stereocenters. The van der Waals surface area contributed by atoms with Gasteiger partial charge in [0, 0.05) is 23.9 Å². The molecule has 0 bridgehead atoms. The van der Waals surface area contributed by atoms with Crippen molar-refractivity contribution in [1.82, 2.24) is 4.90 Å². The molecule has 2 heterocycles. The van der Waals surface area contributed by atoms with Gasteiger partial charge in [-0.1, -0.05) is 6.92 Å². The van der Waals surface area contributed by atoms with E-state index in [0.29, 0.717) is 17.8 Å². The third kappa shape index (κ3) is 5.04. The molecule has 0 unspecified atom stereocenters. The van der Waals surface area contributed by atoms with Gasteiger partial charge >= 0.3 is 5.97 Å². The maximum atomic E-state index is 12.0.